The number of aromatic nitrogens is 1. The third-order valence-electron chi connectivity index (χ3n) is 4.22. The highest BCUT2D eigenvalue weighted by Gasteiger charge is 2.45. The summed E-state index contributed by atoms with van der Waals surface area (Å²) in [5.74, 6) is -0.765. The van der Waals surface area contributed by atoms with Crippen molar-refractivity contribution in [2.45, 2.75) is 18.9 Å². The quantitative estimate of drug-likeness (QED) is 0.540. The Hall–Kier alpha value is -3.15. The zero-order chi connectivity index (χ0) is 17.4. The molecule has 0 spiro atoms. The van der Waals surface area contributed by atoms with Gasteiger partial charge in [-0.3, -0.25) is 4.98 Å². The average Bonchev–Trinajstić information content (AvgIpc) is 3.04. The van der Waals surface area contributed by atoms with Gasteiger partial charge in [-0.25, -0.2) is 9.59 Å². The molecule has 6 nitrogen and oxygen atoms in total. The molecule has 2 atom stereocenters. The van der Waals surface area contributed by atoms with Gasteiger partial charge in [0.15, 0.2) is 0 Å². The number of para-hydroxylation sites is 1. The number of hydrogen-bond acceptors (Lipinski definition) is 6. The van der Waals surface area contributed by atoms with E-state index in [0.29, 0.717) is 27.8 Å². The highest BCUT2D eigenvalue weighted by molar-refractivity contribution is 5.88. The molecule has 0 radical (unpaired) electrons. The first-order chi connectivity index (χ1) is 12.2. The highest BCUT2D eigenvalue weighted by atomic mass is 16.6. The number of rotatable bonds is 3. The van der Waals surface area contributed by atoms with Crippen molar-refractivity contribution < 1.29 is 18.7 Å². The van der Waals surface area contributed by atoms with Gasteiger partial charge in [0.2, 0.25) is 6.10 Å². The van der Waals surface area contributed by atoms with Crippen LogP contribution in [0.5, 0.6) is 5.75 Å². The molecule has 2 aromatic heterocycles. The van der Waals surface area contributed by atoms with Gasteiger partial charge in [-0.1, -0.05) is 18.2 Å². The second-order valence-electron chi connectivity index (χ2n) is 5.68. The van der Waals surface area contributed by atoms with Crippen LogP contribution in [-0.4, -0.2) is 23.7 Å². The van der Waals surface area contributed by atoms with Gasteiger partial charge < -0.3 is 13.9 Å². The lowest BCUT2D eigenvalue weighted by atomic mass is 9.89. The number of esters is 1. The number of nitrogens with zero attached hydrogens (tertiary/aromatic N) is 1. The van der Waals surface area contributed by atoms with Crippen molar-refractivity contribution in [1.29, 1.82) is 0 Å². The minimum absolute atomic E-state index is 0.226. The predicted octanol–water partition coefficient (Wildman–Crippen LogP) is 2.64. The van der Waals surface area contributed by atoms with Crippen molar-refractivity contribution in [3.8, 4) is 5.75 Å². The Morgan fingerprint density at radius 1 is 1.24 bits per heavy atom. The van der Waals surface area contributed by atoms with Crippen molar-refractivity contribution in [3.05, 3.63) is 70.3 Å². The summed E-state index contributed by atoms with van der Waals surface area (Å²) in [7, 11) is 0. The van der Waals surface area contributed by atoms with Crippen LogP contribution in [-0.2, 0) is 9.53 Å². The summed E-state index contributed by atoms with van der Waals surface area (Å²) < 4.78 is 16.5. The van der Waals surface area contributed by atoms with E-state index in [0.717, 1.165) is 0 Å². The Bertz CT molecular complexity index is 996. The Morgan fingerprint density at radius 2 is 2.08 bits per heavy atom. The third kappa shape index (κ3) is 2.46. The van der Waals surface area contributed by atoms with Crippen LogP contribution in [0.3, 0.4) is 0 Å². The summed E-state index contributed by atoms with van der Waals surface area (Å²) in [6.07, 6.45) is 2.29. The zero-order valence-electron chi connectivity index (χ0n) is 13.5. The fourth-order valence-corrected chi connectivity index (χ4v) is 3.19. The summed E-state index contributed by atoms with van der Waals surface area (Å²) in [6.45, 7) is 1.95. The monoisotopic (exact) mass is 337 g/mol. The largest absolute Gasteiger partial charge is 0.476 e. The van der Waals surface area contributed by atoms with E-state index < -0.39 is 23.6 Å². The Labute approximate surface area is 143 Å². The lowest BCUT2D eigenvalue weighted by Gasteiger charge is -2.17. The second-order valence-corrected chi connectivity index (χ2v) is 5.68. The first kappa shape index (κ1) is 15.4. The first-order valence-corrected chi connectivity index (χ1v) is 7.99. The molecule has 126 valence electrons. The van der Waals surface area contributed by atoms with Gasteiger partial charge in [-0.05, 0) is 30.7 Å². The maximum atomic E-state index is 12.6. The van der Waals surface area contributed by atoms with Gasteiger partial charge in [0.05, 0.1) is 23.5 Å². The van der Waals surface area contributed by atoms with E-state index in [4.69, 9.17) is 13.9 Å². The lowest BCUT2D eigenvalue weighted by Crippen LogP contribution is -2.32. The number of benzene rings is 1. The molecule has 2 unspecified atom stereocenters. The first-order valence-electron chi connectivity index (χ1n) is 7.99. The molecule has 1 aliphatic rings. The van der Waals surface area contributed by atoms with Gasteiger partial charge in [0, 0.05) is 12.4 Å². The van der Waals surface area contributed by atoms with E-state index in [1.807, 2.05) is 6.07 Å². The fourth-order valence-electron chi connectivity index (χ4n) is 3.19. The molecule has 4 rings (SSSR count). The number of carbonyl (C=O) groups is 1. The topological polar surface area (TPSA) is 78.6 Å². The van der Waals surface area contributed by atoms with E-state index in [1.165, 1.54) is 0 Å². The molecule has 0 fully saturated rings. The van der Waals surface area contributed by atoms with Crippen molar-refractivity contribution in [2.75, 3.05) is 6.61 Å². The van der Waals surface area contributed by atoms with Gasteiger partial charge in [0.1, 0.15) is 11.3 Å². The Morgan fingerprint density at radius 3 is 2.84 bits per heavy atom. The molecule has 6 heteroatoms. The van der Waals surface area contributed by atoms with Crippen molar-refractivity contribution in [2.24, 2.45) is 0 Å². The molecule has 1 aromatic carbocycles. The number of fused-ring (bicyclic) bond motifs is 3. The SMILES string of the molecule is CCOC(=O)C1Oc2c(c(=O)oc3ccccc23)C1c1cccnc1. The number of pyridine rings is 1. The minimum atomic E-state index is -0.951. The van der Waals surface area contributed by atoms with Crippen molar-refractivity contribution >= 4 is 16.9 Å². The van der Waals surface area contributed by atoms with Crippen LogP contribution in [0.15, 0.2) is 58.0 Å². The van der Waals surface area contributed by atoms with E-state index >= 15 is 0 Å². The molecule has 3 aromatic rings. The maximum Gasteiger partial charge on any atom is 0.348 e. The van der Waals surface area contributed by atoms with Crippen molar-refractivity contribution in [1.82, 2.24) is 4.98 Å². The van der Waals surface area contributed by atoms with Crippen LogP contribution in [0.4, 0.5) is 0 Å². The van der Waals surface area contributed by atoms with Crippen LogP contribution in [0.25, 0.3) is 11.0 Å². The predicted molar refractivity (Wildman–Crippen MR) is 89.6 cm³/mol. The second kappa shape index (κ2) is 6.05. The van der Waals surface area contributed by atoms with Crippen LogP contribution in [0, 0.1) is 0 Å². The summed E-state index contributed by atoms with van der Waals surface area (Å²) in [5, 5.41) is 0.651. The summed E-state index contributed by atoms with van der Waals surface area (Å²) in [6, 6.07) is 10.6. The summed E-state index contributed by atoms with van der Waals surface area (Å²) in [4.78, 5) is 29.2. The normalized spacial score (nSPS) is 18.6. The third-order valence-corrected chi connectivity index (χ3v) is 4.22. The van der Waals surface area contributed by atoms with E-state index in [2.05, 4.69) is 4.98 Å². The Balaban J connectivity index is 1.96. The minimum Gasteiger partial charge on any atom is -0.476 e. The van der Waals surface area contributed by atoms with Crippen LogP contribution in [0.2, 0.25) is 0 Å². The fraction of sp³-hybridized carbons (Fsp3) is 0.211. The smallest absolute Gasteiger partial charge is 0.348 e. The maximum absolute atomic E-state index is 12.6. The molecule has 25 heavy (non-hydrogen) atoms. The molecule has 0 saturated carbocycles. The summed E-state index contributed by atoms with van der Waals surface area (Å²) in [5.41, 5.74) is 0.918. The van der Waals surface area contributed by atoms with Crippen LogP contribution in [0.1, 0.15) is 24.0 Å². The van der Waals surface area contributed by atoms with Gasteiger partial charge in [0.25, 0.3) is 0 Å². The molecule has 3 heterocycles. The van der Waals surface area contributed by atoms with E-state index in [9.17, 15) is 9.59 Å². The molecule has 0 amide bonds. The molecule has 0 N–H and O–H groups in total. The zero-order valence-corrected chi connectivity index (χ0v) is 13.5. The number of hydrogen-bond donors (Lipinski definition) is 0. The molecular weight excluding hydrogens is 322 g/mol. The summed E-state index contributed by atoms with van der Waals surface area (Å²) >= 11 is 0. The van der Waals surface area contributed by atoms with Gasteiger partial charge in [-0.2, -0.15) is 0 Å². The van der Waals surface area contributed by atoms with Gasteiger partial charge in [-0.15, -0.1) is 0 Å². The van der Waals surface area contributed by atoms with Crippen LogP contribution < -0.4 is 10.4 Å². The molecule has 1 aliphatic heterocycles. The van der Waals surface area contributed by atoms with Crippen molar-refractivity contribution in [3.63, 3.8) is 0 Å². The van der Waals surface area contributed by atoms with Crippen LogP contribution >= 0.6 is 0 Å². The Kier molecular flexibility index (Phi) is 3.72. The highest BCUT2D eigenvalue weighted by Crippen LogP contribution is 2.44. The van der Waals surface area contributed by atoms with E-state index in [1.54, 1.807) is 49.6 Å². The molecule has 0 bridgehead atoms. The number of ether oxygens (including phenoxy) is 2. The molecule has 0 aliphatic carbocycles. The molecule has 0 saturated heterocycles. The van der Waals surface area contributed by atoms with Gasteiger partial charge >= 0.3 is 11.6 Å². The average molecular weight is 337 g/mol. The molecular formula is C19H15NO5. The standard InChI is InChI=1S/C19H15NO5/c1-2-23-19(22)17-14(11-6-5-9-20-10-11)15-16(25-17)12-7-3-4-8-13(12)24-18(15)21/h3-10,14,17H,2H2,1H3. The lowest BCUT2D eigenvalue weighted by molar-refractivity contribution is -0.151. The number of carbonyl (C=O) groups excluding carboxylic acids is 1. The van der Waals surface area contributed by atoms with E-state index in [-0.39, 0.29) is 6.61 Å².